The third-order valence-electron chi connectivity index (χ3n) is 2.60. The van der Waals surface area contributed by atoms with Gasteiger partial charge >= 0.3 is 7.12 Å². The third-order valence-corrected chi connectivity index (χ3v) is 2.60. The molecule has 1 aromatic heterocycles. The van der Waals surface area contributed by atoms with Crippen molar-refractivity contribution < 1.29 is 20.3 Å². The second-order valence-electron chi connectivity index (χ2n) is 5.01. The number of nitrogens with two attached hydrogens (primary N) is 1. The summed E-state index contributed by atoms with van der Waals surface area (Å²) in [4.78, 5) is 3.66. The van der Waals surface area contributed by atoms with Crippen LogP contribution in [0.25, 0.3) is 0 Å². The molecule has 18 heavy (non-hydrogen) atoms. The molecule has 0 aromatic carbocycles. The smallest absolute Gasteiger partial charge is 0.423 e. The van der Waals surface area contributed by atoms with Gasteiger partial charge in [0.15, 0.2) is 0 Å². The van der Waals surface area contributed by atoms with Gasteiger partial charge in [-0.15, -0.1) is 0 Å². The Kier molecular flexibility index (Phi) is 5.76. The lowest BCUT2D eigenvalue weighted by molar-refractivity contribution is -0.107. The molecule has 0 bridgehead atoms. The fourth-order valence-electron chi connectivity index (χ4n) is 0.569. The Morgan fingerprint density at radius 3 is 1.72 bits per heavy atom. The zero-order chi connectivity index (χ0) is 14.6. The maximum Gasteiger partial charge on any atom is 0.490 e. The summed E-state index contributed by atoms with van der Waals surface area (Å²) < 4.78 is 0. The van der Waals surface area contributed by atoms with Crippen LogP contribution in [0.3, 0.4) is 0 Å². The van der Waals surface area contributed by atoms with Crippen LogP contribution in [0.4, 0.5) is 5.82 Å². The number of aliphatic hydroxyl groups is 2. The molecule has 0 spiro atoms. The number of hydrogen-bond acceptors (Lipinski definition) is 6. The second kappa shape index (κ2) is 6.15. The number of rotatable bonds is 2. The molecule has 1 rings (SSSR count). The Labute approximate surface area is 107 Å². The normalized spacial score (nSPS) is 11.6. The molecular formula is C11H21BN2O4. The highest BCUT2D eigenvalue weighted by atomic mass is 16.4. The lowest BCUT2D eigenvalue weighted by Gasteiger charge is -2.31. The van der Waals surface area contributed by atoms with E-state index in [1.807, 2.05) is 0 Å². The van der Waals surface area contributed by atoms with E-state index in [-0.39, 0.29) is 0 Å². The summed E-state index contributed by atoms with van der Waals surface area (Å²) in [5, 5.41) is 35.4. The number of aromatic nitrogens is 1. The van der Waals surface area contributed by atoms with Crippen LogP contribution in [0.15, 0.2) is 18.3 Å². The molecule has 0 atom stereocenters. The minimum atomic E-state index is -1.46. The molecule has 0 saturated heterocycles. The van der Waals surface area contributed by atoms with Gasteiger partial charge in [0, 0.05) is 11.7 Å². The molecule has 1 heterocycles. The lowest BCUT2D eigenvalue weighted by atomic mass is 9.82. The Balaban J connectivity index is 0.000000331. The van der Waals surface area contributed by atoms with Gasteiger partial charge in [0.05, 0.1) is 11.2 Å². The first-order valence-electron chi connectivity index (χ1n) is 5.47. The van der Waals surface area contributed by atoms with Gasteiger partial charge in [-0.3, -0.25) is 0 Å². The monoisotopic (exact) mass is 256 g/mol. The largest absolute Gasteiger partial charge is 0.490 e. The SMILES string of the molecule is CC(C)(O)C(C)(C)O.Nc1ccc(B(O)O)cn1. The van der Waals surface area contributed by atoms with Crippen molar-refractivity contribution in [3.8, 4) is 0 Å². The highest BCUT2D eigenvalue weighted by molar-refractivity contribution is 6.58. The first-order valence-corrected chi connectivity index (χ1v) is 5.47. The summed E-state index contributed by atoms with van der Waals surface area (Å²) in [7, 11) is -1.46. The standard InChI is InChI=1S/C6H14O2.C5H7BN2O2/c1-5(2,7)6(3,4)8;7-5-2-1-4(3-8-5)6(9)10/h7-8H,1-4H3;1-3,9-10H,(H2,7,8). The Morgan fingerprint density at radius 2 is 1.50 bits per heavy atom. The van der Waals surface area contributed by atoms with Crippen LogP contribution in [0.5, 0.6) is 0 Å². The van der Waals surface area contributed by atoms with Crippen LogP contribution >= 0.6 is 0 Å². The van der Waals surface area contributed by atoms with Crippen LogP contribution in [-0.4, -0.2) is 43.6 Å². The fraction of sp³-hybridized carbons (Fsp3) is 0.545. The zero-order valence-electron chi connectivity index (χ0n) is 11.1. The summed E-state index contributed by atoms with van der Waals surface area (Å²) in [5.41, 5.74) is 3.58. The molecule has 0 saturated carbocycles. The van der Waals surface area contributed by atoms with E-state index in [1.54, 1.807) is 27.7 Å². The first-order chi connectivity index (χ1) is 7.95. The van der Waals surface area contributed by atoms with E-state index in [0.29, 0.717) is 11.3 Å². The van der Waals surface area contributed by atoms with E-state index in [1.165, 1.54) is 18.3 Å². The van der Waals surface area contributed by atoms with Gasteiger partial charge in [-0.05, 0) is 33.8 Å². The minimum absolute atomic E-state index is 0.342. The number of nitrogens with zero attached hydrogens (tertiary/aromatic N) is 1. The van der Waals surface area contributed by atoms with Crippen molar-refractivity contribution in [2.75, 3.05) is 5.73 Å². The summed E-state index contributed by atoms with van der Waals surface area (Å²) in [6, 6.07) is 3.02. The average Bonchev–Trinajstić information content (AvgIpc) is 2.16. The van der Waals surface area contributed by atoms with Crippen molar-refractivity contribution in [2.24, 2.45) is 0 Å². The summed E-state index contributed by atoms with van der Waals surface area (Å²) >= 11 is 0. The Bertz CT molecular complexity index is 343. The first kappa shape index (κ1) is 16.9. The second-order valence-corrected chi connectivity index (χ2v) is 5.01. The van der Waals surface area contributed by atoms with Gasteiger partial charge in [0.2, 0.25) is 0 Å². The third kappa shape index (κ3) is 5.97. The Morgan fingerprint density at radius 1 is 1.06 bits per heavy atom. The van der Waals surface area contributed by atoms with Crippen LogP contribution in [0, 0.1) is 0 Å². The van der Waals surface area contributed by atoms with Gasteiger partial charge in [-0.1, -0.05) is 6.07 Å². The molecule has 102 valence electrons. The number of anilines is 1. The molecule has 1 aromatic rings. The summed E-state index contributed by atoms with van der Waals surface area (Å²) in [6.07, 6.45) is 1.32. The number of hydrogen-bond donors (Lipinski definition) is 5. The molecule has 0 amide bonds. The summed E-state index contributed by atoms with van der Waals surface area (Å²) in [6.45, 7) is 6.31. The minimum Gasteiger partial charge on any atom is -0.423 e. The molecule has 6 N–H and O–H groups in total. The molecule has 0 unspecified atom stereocenters. The molecule has 6 nitrogen and oxygen atoms in total. The molecule has 0 aliphatic heterocycles. The summed E-state index contributed by atoms with van der Waals surface area (Å²) in [5.74, 6) is 0.365. The number of pyridine rings is 1. The fourth-order valence-corrected chi connectivity index (χ4v) is 0.569. The van der Waals surface area contributed by atoms with Gasteiger partial charge in [-0.25, -0.2) is 4.98 Å². The van der Waals surface area contributed by atoms with E-state index in [9.17, 15) is 0 Å². The predicted octanol–water partition coefficient (Wildman–Crippen LogP) is -1.13. The van der Waals surface area contributed by atoms with Crippen LogP contribution in [0.2, 0.25) is 0 Å². The maximum absolute atomic E-state index is 9.10. The van der Waals surface area contributed by atoms with Crippen LogP contribution < -0.4 is 11.2 Å². The van der Waals surface area contributed by atoms with Gasteiger partial charge < -0.3 is 26.0 Å². The van der Waals surface area contributed by atoms with Crippen molar-refractivity contribution in [1.29, 1.82) is 0 Å². The highest BCUT2D eigenvalue weighted by Gasteiger charge is 2.31. The average molecular weight is 256 g/mol. The molecule has 7 heteroatoms. The quantitative estimate of drug-likeness (QED) is 0.427. The van der Waals surface area contributed by atoms with Crippen molar-refractivity contribution in [2.45, 2.75) is 38.9 Å². The van der Waals surface area contributed by atoms with E-state index < -0.39 is 18.3 Å². The predicted molar refractivity (Wildman–Crippen MR) is 71.1 cm³/mol. The van der Waals surface area contributed by atoms with Crippen molar-refractivity contribution in [3.63, 3.8) is 0 Å². The number of nitrogen functional groups attached to an aromatic ring is 1. The van der Waals surface area contributed by atoms with Crippen molar-refractivity contribution >= 4 is 18.4 Å². The Hall–Kier alpha value is -1.15. The molecule has 0 radical (unpaired) electrons. The van der Waals surface area contributed by atoms with Gasteiger partial charge in [-0.2, -0.15) is 0 Å². The van der Waals surface area contributed by atoms with E-state index in [2.05, 4.69) is 4.98 Å². The molecular weight excluding hydrogens is 235 g/mol. The van der Waals surface area contributed by atoms with Gasteiger partial charge in [0.1, 0.15) is 5.82 Å². The van der Waals surface area contributed by atoms with E-state index in [4.69, 9.17) is 26.0 Å². The lowest BCUT2D eigenvalue weighted by Crippen LogP contribution is -2.44. The zero-order valence-corrected chi connectivity index (χ0v) is 11.1. The van der Waals surface area contributed by atoms with Crippen molar-refractivity contribution in [3.05, 3.63) is 18.3 Å². The molecule has 0 aliphatic rings. The topological polar surface area (TPSA) is 120 Å². The van der Waals surface area contributed by atoms with E-state index in [0.717, 1.165) is 0 Å². The molecule has 0 fully saturated rings. The van der Waals surface area contributed by atoms with Gasteiger partial charge in [0.25, 0.3) is 0 Å². The van der Waals surface area contributed by atoms with Crippen LogP contribution in [0.1, 0.15) is 27.7 Å². The van der Waals surface area contributed by atoms with Crippen molar-refractivity contribution in [1.82, 2.24) is 4.98 Å². The van der Waals surface area contributed by atoms with Crippen LogP contribution in [-0.2, 0) is 0 Å². The highest BCUT2D eigenvalue weighted by Crippen LogP contribution is 2.19. The molecule has 0 aliphatic carbocycles. The van der Waals surface area contributed by atoms with E-state index >= 15 is 0 Å². The maximum atomic E-state index is 9.10.